The van der Waals surface area contributed by atoms with Gasteiger partial charge < -0.3 is 10.5 Å². The minimum Gasteiger partial charge on any atom is -0.468 e. The molecule has 21 heavy (non-hydrogen) atoms. The predicted octanol–water partition coefficient (Wildman–Crippen LogP) is 3.46. The molecule has 0 heterocycles. The van der Waals surface area contributed by atoms with Crippen LogP contribution >= 0.6 is 0 Å². The highest BCUT2D eigenvalue weighted by atomic mass is 16.5. The van der Waals surface area contributed by atoms with Gasteiger partial charge in [-0.25, -0.2) is 0 Å². The molecular formula is C18H27NO2. The number of hydrogen-bond acceptors (Lipinski definition) is 3. The van der Waals surface area contributed by atoms with Gasteiger partial charge in [0.25, 0.3) is 0 Å². The zero-order chi connectivity index (χ0) is 15.1. The van der Waals surface area contributed by atoms with Crippen LogP contribution in [-0.2, 0) is 16.0 Å². The molecule has 1 unspecified atom stereocenters. The monoisotopic (exact) mass is 289 g/mol. The summed E-state index contributed by atoms with van der Waals surface area (Å²) in [6, 6.07) is 9.97. The Balaban J connectivity index is 2.00. The first kappa shape index (κ1) is 16.0. The topological polar surface area (TPSA) is 52.3 Å². The first-order valence-corrected chi connectivity index (χ1v) is 8.05. The number of nitrogens with two attached hydrogens (primary N) is 1. The lowest BCUT2D eigenvalue weighted by molar-refractivity contribution is -0.147. The Bertz CT molecular complexity index is 440. The Morgan fingerprint density at radius 3 is 2.52 bits per heavy atom. The van der Waals surface area contributed by atoms with Crippen LogP contribution in [0.5, 0.6) is 0 Å². The van der Waals surface area contributed by atoms with Crippen LogP contribution in [0.1, 0.15) is 50.5 Å². The highest BCUT2D eigenvalue weighted by Gasteiger charge is 2.35. The average molecular weight is 289 g/mol. The van der Waals surface area contributed by atoms with Gasteiger partial charge in [-0.05, 0) is 24.3 Å². The minimum atomic E-state index is -0.895. The summed E-state index contributed by atoms with van der Waals surface area (Å²) < 4.78 is 4.96. The van der Waals surface area contributed by atoms with Gasteiger partial charge in [-0.3, -0.25) is 4.79 Å². The molecule has 1 aromatic rings. The molecular weight excluding hydrogens is 262 g/mol. The molecule has 0 aromatic heterocycles. The van der Waals surface area contributed by atoms with E-state index in [1.807, 2.05) is 30.3 Å². The molecule has 1 aliphatic carbocycles. The fourth-order valence-corrected chi connectivity index (χ4v) is 3.36. The van der Waals surface area contributed by atoms with Crippen molar-refractivity contribution in [3.8, 4) is 0 Å². The Morgan fingerprint density at radius 1 is 1.24 bits per heavy atom. The molecule has 1 atom stereocenters. The molecule has 0 radical (unpaired) electrons. The molecule has 0 amide bonds. The largest absolute Gasteiger partial charge is 0.468 e. The lowest BCUT2D eigenvalue weighted by Gasteiger charge is -2.30. The third-order valence-corrected chi connectivity index (χ3v) is 4.68. The second kappa shape index (κ2) is 7.60. The number of ether oxygens (including phenoxy) is 1. The van der Waals surface area contributed by atoms with E-state index in [1.165, 1.54) is 39.2 Å². The second-order valence-corrected chi connectivity index (χ2v) is 6.35. The molecule has 3 nitrogen and oxygen atoms in total. The van der Waals surface area contributed by atoms with E-state index >= 15 is 0 Å². The molecule has 1 fully saturated rings. The van der Waals surface area contributed by atoms with Gasteiger partial charge in [0.1, 0.15) is 5.54 Å². The van der Waals surface area contributed by atoms with E-state index < -0.39 is 5.54 Å². The molecule has 1 aliphatic rings. The zero-order valence-corrected chi connectivity index (χ0v) is 13.0. The molecule has 0 saturated heterocycles. The normalized spacial score (nSPS) is 19.0. The van der Waals surface area contributed by atoms with Crippen molar-refractivity contribution in [1.82, 2.24) is 0 Å². The lowest BCUT2D eigenvalue weighted by Crippen LogP contribution is -2.51. The number of esters is 1. The molecule has 3 heteroatoms. The van der Waals surface area contributed by atoms with Crippen molar-refractivity contribution in [2.45, 2.75) is 56.9 Å². The molecule has 0 bridgehead atoms. The van der Waals surface area contributed by atoms with E-state index in [4.69, 9.17) is 10.5 Å². The molecule has 1 saturated carbocycles. The van der Waals surface area contributed by atoms with Crippen molar-refractivity contribution >= 4 is 5.97 Å². The highest BCUT2D eigenvalue weighted by Crippen LogP contribution is 2.30. The van der Waals surface area contributed by atoms with Gasteiger partial charge in [0.15, 0.2) is 0 Å². The predicted molar refractivity (Wildman–Crippen MR) is 84.9 cm³/mol. The third kappa shape index (κ3) is 4.57. The fraction of sp³-hybridized carbons (Fsp3) is 0.611. The van der Waals surface area contributed by atoms with E-state index in [-0.39, 0.29) is 5.97 Å². The summed E-state index contributed by atoms with van der Waals surface area (Å²) in [5, 5.41) is 0. The number of methoxy groups -OCH3 is 1. The maximum atomic E-state index is 12.2. The third-order valence-electron chi connectivity index (χ3n) is 4.68. The molecule has 0 spiro atoms. The smallest absolute Gasteiger partial charge is 0.326 e. The maximum Gasteiger partial charge on any atom is 0.326 e. The number of rotatable bonds is 6. The van der Waals surface area contributed by atoms with Crippen molar-refractivity contribution < 1.29 is 9.53 Å². The van der Waals surface area contributed by atoms with Crippen LogP contribution in [0.3, 0.4) is 0 Å². The van der Waals surface area contributed by atoms with E-state index in [2.05, 4.69) is 0 Å². The van der Waals surface area contributed by atoms with E-state index in [0.717, 1.165) is 17.9 Å². The van der Waals surface area contributed by atoms with Crippen molar-refractivity contribution in [2.24, 2.45) is 11.7 Å². The summed E-state index contributed by atoms with van der Waals surface area (Å²) in [4.78, 5) is 12.2. The summed E-state index contributed by atoms with van der Waals surface area (Å²) in [7, 11) is 1.43. The fourth-order valence-electron chi connectivity index (χ4n) is 3.36. The van der Waals surface area contributed by atoms with Crippen LogP contribution < -0.4 is 5.73 Å². The zero-order valence-electron chi connectivity index (χ0n) is 13.0. The van der Waals surface area contributed by atoms with Gasteiger partial charge in [0, 0.05) is 6.42 Å². The number of carbonyl (C=O) groups excluding carboxylic acids is 1. The maximum absolute atomic E-state index is 12.2. The summed E-state index contributed by atoms with van der Waals surface area (Å²) in [6.07, 6.45) is 8.83. The van der Waals surface area contributed by atoms with Crippen molar-refractivity contribution in [3.63, 3.8) is 0 Å². The Morgan fingerprint density at radius 2 is 1.90 bits per heavy atom. The highest BCUT2D eigenvalue weighted by molar-refractivity contribution is 5.80. The van der Waals surface area contributed by atoms with E-state index in [1.54, 1.807) is 0 Å². The summed E-state index contributed by atoms with van der Waals surface area (Å²) in [5.74, 6) is 0.435. The average Bonchev–Trinajstić information content (AvgIpc) is 2.54. The van der Waals surface area contributed by atoms with Crippen LogP contribution in [-0.4, -0.2) is 18.6 Å². The van der Waals surface area contributed by atoms with Gasteiger partial charge in [0.05, 0.1) is 7.11 Å². The van der Waals surface area contributed by atoms with E-state index in [0.29, 0.717) is 12.8 Å². The first-order valence-electron chi connectivity index (χ1n) is 8.05. The quantitative estimate of drug-likeness (QED) is 0.816. The minimum absolute atomic E-state index is 0.290. The van der Waals surface area contributed by atoms with Crippen molar-refractivity contribution in [2.75, 3.05) is 7.11 Å². The summed E-state index contributed by atoms with van der Waals surface area (Å²) in [5.41, 5.74) is 6.62. The molecule has 2 rings (SSSR count). The molecule has 0 aliphatic heterocycles. The summed E-state index contributed by atoms with van der Waals surface area (Å²) in [6.45, 7) is 0. The molecule has 2 N–H and O–H groups in total. The van der Waals surface area contributed by atoms with Crippen LogP contribution in [0.25, 0.3) is 0 Å². The van der Waals surface area contributed by atoms with Crippen molar-refractivity contribution in [3.05, 3.63) is 35.9 Å². The second-order valence-electron chi connectivity index (χ2n) is 6.35. The molecule has 1 aromatic carbocycles. The van der Waals surface area contributed by atoms with Gasteiger partial charge in [0.2, 0.25) is 0 Å². The van der Waals surface area contributed by atoms with Gasteiger partial charge in [-0.15, -0.1) is 0 Å². The van der Waals surface area contributed by atoms with E-state index in [9.17, 15) is 4.79 Å². The van der Waals surface area contributed by atoms with Gasteiger partial charge >= 0.3 is 5.97 Å². The van der Waals surface area contributed by atoms with Crippen LogP contribution in [0.2, 0.25) is 0 Å². The Labute approximate surface area is 127 Å². The van der Waals surface area contributed by atoms with Gasteiger partial charge in [-0.2, -0.15) is 0 Å². The molecule has 116 valence electrons. The standard InChI is InChI=1S/C18H27NO2/c1-21-17(20)18(19,14-16-10-6-3-7-11-16)13-12-15-8-4-2-5-9-15/h3,6-7,10-11,15H,2,4-5,8-9,12-14,19H2,1H3. The SMILES string of the molecule is COC(=O)C(N)(CCC1CCCCC1)Cc1ccccc1. The number of hydrogen-bond donors (Lipinski definition) is 1. The number of carbonyl (C=O) groups is 1. The van der Waals surface area contributed by atoms with Gasteiger partial charge in [-0.1, -0.05) is 62.4 Å². The first-order chi connectivity index (χ1) is 10.1. The van der Waals surface area contributed by atoms with Crippen molar-refractivity contribution in [1.29, 1.82) is 0 Å². The van der Waals surface area contributed by atoms with Crippen LogP contribution in [0.4, 0.5) is 0 Å². The lowest BCUT2D eigenvalue weighted by atomic mass is 9.80. The van der Waals surface area contributed by atoms with Crippen LogP contribution in [0, 0.1) is 5.92 Å². The number of benzene rings is 1. The van der Waals surface area contributed by atoms with Crippen LogP contribution in [0.15, 0.2) is 30.3 Å². The summed E-state index contributed by atoms with van der Waals surface area (Å²) >= 11 is 0. The Kier molecular flexibility index (Phi) is 5.80. The Hall–Kier alpha value is -1.35.